The van der Waals surface area contributed by atoms with Crippen LogP contribution in [-0.2, 0) is 6.42 Å². The highest BCUT2D eigenvalue weighted by atomic mass is 32.1. The summed E-state index contributed by atoms with van der Waals surface area (Å²) in [5.74, 6) is 0. The van der Waals surface area contributed by atoms with Crippen LogP contribution in [0.1, 0.15) is 23.6 Å². The maximum absolute atomic E-state index is 6.07. The van der Waals surface area contributed by atoms with Gasteiger partial charge in [-0.3, -0.25) is 0 Å². The van der Waals surface area contributed by atoms with E-state index in [1.807, 2.05) is 0 Å². The van der Waals surface area contributed by atoms with Gasteiger partial charge in [0.05, 0.1) is 0 Å². The average Bonchev–Trinajstić information content (AvgIpc) is 2.87. The van der Waals surface area contributed by atoms with Crippen LogP contribution < -0.4 is 5.73 Å². The van der Waals surface area contributed by atoms with Gasteiger partial charge in [-0.05, 0) is 57.6 Å². The third-order valence-corrected chi connectivity index (χ3v) is 3.73. The number of rotatable bonds is 4. The fraction of sp³-hybridized carbons (Fsp3) is 0.273. The Hall–Kier alpha value is -0.640. The lowest BCUT2D eigenvalue weighted by Gasteiger charge is -2.08. The molecular weight excluding hydrogens is 210 g/mol. The summed E-state index contributed by atoms with van der Waals surface area (Å²) < 4.78 is 0. The molecule has 0 aliphatic rings. The second-order valence-corrected chi connectivity index (χ2v) is 4.89. The van der Waals surface area contributed by atoms with E-state index in [2.05, 4.69) is 33.7 Å². The third-order valence-electron chi connectivity index (χ3n) is 2.30. The number of hydrogen-bond acceptors (Lipinski definition) is 3. The van der Waals surface area contributed by atoms with Crippen LogP contribution in [0.4, 0.5) is 0 Å². The zero-order valence-corrected chi connectivity index (χ0v) is 9.48. The lowest BCUT2D eigenvalue weighted by Crippen LogP contribution is -2.09. The van der Waals surface area contributed by atoms with Crippen molar-refractivity contribution in [2.24, 2.45) is 5.73 Å². The van der Waals surface area contributed by atoms with E-state index < -0.39 is 0 Å². The van der Waals surface area contributed by atoms with Crippen LogP contribution >= 0.6 is 22.7 Å². The molecule has 0 saturated carbocycles. The van der Waals surface area contributed by atoms with Gasteiger partial charge >= 0.3 is 0 Å². The van der Waals surface area contributed by atoms with Crippen molar-refractivity contribution in [1.82, 2.24) is 0 Å². The van der Waals surface area contributed by atoms with Gasteiger partial charge in [0.25, 0.3) is 0 Å². The van der Waals surface area contributed by atoms with E-state index in [0.717, 1.165) is 12.8 Å². The van der Waals surface area contributed by atoms with Crippen LogP contribution in [0.2, 0.25) is 0 Å². The van der Waals surface area contributed by atoms with Gasteiger partial charge in [0, 0.05) is 6.04 Å². The minimum atomic E-state index is 0.196. The monoisotopic (exact) mass is 223 g/mol. The molecule has 3 heteroatoms. The first kappa shape index (κ1) is 9.90. The first-order valence-corrected chi connectivity index (χ1v) is 6.53. The largest absolute Gasteiger partial charge is 0.324 e. The van der Waals surface area contributed by atoms with Crippen molar-refractivity contribution in [3.63, 3.8) is 0 Å². The molecule has 0 aromatic carbocycles. The Bertz CT molecular complexity index is 351. The van der Waals surface area contributed by atoms with Crippen LogP contribution in [0.3, 0.4) is 0 Å². The fourth-order valence-corrected chi connectivity index (χ4v) is 2.84. The molecule has 0 radical (unpaired) electrons. The highest BCUT2D eigenvalue weighted by Crippen LogP contribution is 2.19. The number of nitrogens with two attached hydrogens (primary N) is 1. The lowest BCUT2D eigenvalue weighted by atomic mass is 10.0. The zero-order valence-electron chi connectivity index (χ0n) is 7.85. The molecule has 0 amide bonds. The summed E-state index contributed by atoms with van der Waals surface area (Å²) in [4.78, 5) is 0. The zero-order chi connectivity index (χ0) is 9.80. The molecule has 0 fully saturated rings. The normalized spacial score (nSPS) is 12.9. The molecule has 74 valence electrons. The van der Waals surface area contributed by atoms with E-state index in [4.69, 9.17) is 5.73 Å². The Labute approximate surface area is 92.2 Å². The van der Waals surface area contributed by atoms with Crippen LogP contribution in [0.25, 0.3) is 0 Å². The van der Waals surface area contributed by atoms with Crippen LogP contribution in [0.5, 0.6) is 0 Å². The summed E-state index contributed by atoms with van der Waals surface area (Å²) >= 11 is 3.46. The minimum absolute atomic E-state index is 0.196. The van der Waals surface area contributed by atoms with Crippen LogP contribution in [0.15, 0.2) is 33.7 Å². The maximum Gasteiger partial charge on any atom is 0.0306 e. The molecule has 0 saturated heterocycles. The van der Waals surface area contributed by atoms with Crippen molar-refractivity contribution < 1.29 is 0 Å². The second-order valence-electron chi connectivity index (χ2n) is 3.33. The number of hydrogen-bond donors (Lipinski definition) is 1. The average molecular weight is 223 g/mol. The molecule has 2 aromatic heterocycles. The van der Waals surface area contributed by atoms with Crippen molar-refractivity contribution in [3.8, 4) is 0 Å². The van der Waals surface area contributed by atoms with E-state index in [1.165, 1.54) is 11.1 Å². The van der Waals surface area contributed by atoms with Gasteiger partial charge in [-0.1, -0.05) is 0 Å². The third kappa shape index (κ3) is 2.44. The van der Waals surface area contributed by atoms with E-state index >= 15 is 0 Å². The smallest absolute Gasteiger partial charge is 0.0306 e. The molecule has 1 atom stereocenters. The standard InChI is InChI=1S/C11H13NS2/c12-11(10-4-6-14-8-10)2-1-9-3-5-13-7-9/h3-8,11H,1-2,12H2. The first-order chi connectivity index (χ1) is 6.86. The molecule has 0 aliphatic heterocycles. The van der Waals surface area contributed by atoms with E-state index in [9.17, 15) is 0 Å². The van der Waals surface area contributed by atoms with E-state index in [-0.39, 0.29) is 6.04 Å². The van der Waals surface area contributed by atoms with Crippen molar-refractivity contribution in [1.29, 1.82) is 0 Å². The van der Waals surface area contributed by atoms with Crippen molar-refractivity contribution in [2.45, 2.75) is 18.9 Å². The van der Waals surface area contributed by atoms with Gasteiger partial charge in [-0.2, -0.15) is 22.7 Å². The maximum atomic E-state index is 6.07. The predicted molar refractivity (Wildman–Crippen MR) is 63.9 cm³/mol. The molecular formula is C11H13NS2. The molecule has 2 N–H and O–H groups in total. The summed E-state index contributed by atoms with van der Waals surface area (Å²) in [6.45, 7) is 0. The molecule has 1 nitrogen and oxygen atoms in total. The Morgan fingerprint density at radius 1 is 1.14 bits per heavy atom. The Morgan fingerprint density at radius 3 is 2.57 bits per heavy atom. The summed E-state index contributed by atoms with van der Waals surface area (Å²) in [6.07, 6.45) is 2.12. The van der Waals surface area contributed by atoms with Crippen LogP contribution in [0, 0.1) is 0 Å². The molecule has 2 aromatic rings. The molecule has 2 rings (SSSR count). The SMILES string of the molecule is NC(CCc1ccsc1)c1ccsc1. The van der Waals surface area contributed by atoms with Crippen molar-refractivity contribution in [3.05, 3.63) is 44.8 Å². The summed E-state index contributed by atoms with van der Waals surface area (Å²) in [7, 11) is 0. The quantitative estimate of drug-likeness (QED) is 0.844. The predicted octanol–water partition coefficient (Wildman–Crippen LogP) is 3.44. The lowest BCUT2D eigenvalue weighted by molar-refractivity contribution is 0.654. The van der Waals surface area contributed by atoms with E-state index in [1.54, 1.807) is 22.7 Å². The molecule has 14 heavy (non-hydrogen) atoms. The molecule has 0 bridgehead atoms. The first-order valence-electron chi connectivity index (χ1n) is 4.65. The second kappa shape index (κ2) is 4.73. The summed E-state index contributed by atoms with van der Waals surface area (Å²) in [5, 5.41) is 8.53. The number of aryl methyl sites for hydroxylation is 1. The van der Waals surface area contributed by atoms with Gasteiger partial charge in [-0.25, -0.2) is 0 Å². The molecule has 2 heterocycles. The van der Waals surface area contributed by atoms with E-state index in [0.29, 0.717) is 0 Å². The van der Waals surface area contributed by atoms with Gasteiger partial charge in [0.2, 0.25) is 0 Å². The Morgan fingerprint density at radius 2 is 1.93 bits per heavy atom. The number of thiophene rings is 2. The highest BCUT2D eigenvalue weighted by Gasteiger charge is 2.06. The fourth-order valence-electron chi connectivity index (χ4n) is 1.41. The Balaban J connectivity index is 1.87. The Kier molecular flexibility index (Phi) is 3.35. The van der Waals surface area contributed by atoms with Gasteiger partial charge in [0.15, 0.2) is 0 Å². The van der Waals surface area contributed by atoms with Crippen LogP contribution in [-0.4, -0.2) is 0 Å². The minimum Gasteiger partial charge on any atom is -0.324 e. The highest BCUT2D eigenvalue weighted by molar-refractivity contribution is 7.08. The topological polar surface area (TPSA) is 26.0 Å². The molecule has 0 spiro atoms. The van der Waals surface area contributed by atoms with Crippen molar-refractivity contribution in [2.75, 3.05) is 0 Å². The van der Waals surface area contributed by atoms with Gasteiger partial charge < -0.3 is 5.73 Å². The van der Waals surface area contributed by atoms with Gasteiger partial charge in [0.1, 0.15) is 0 Å². The van der Waals surface area contributed by atoms with Gasteiger partial charge in [-0.15, -0.1) is 0 Å². The molecule has 1 unspecified atom stereocenters. The molecule has 0 aliphatic carbocycles. The summed E-state index contributed by atoms with van der Waals surface area (Å²) in [5.41, 5.74) is 8.74. The van der Waals surface area contributed by atoms with Crippen molar-refractivity contribution >= 4 is 22.7 Å². The summed E-state index contributed by atoms with van der Waals surface area (Å²) in [6, 6.07) is 4.48.